The Kier molecular flexibility index (Phi) is 4.40. The number of hydrogen-bond acceptors (Lipinski definition) is 7. The lowest BCUT2D eigenvalue weighted by Crippen LogP contribution is -2.19. The van der Waals surface area contributed by atoms with Crippen LogP contribution in [0.4, 0.5) is 0 Å². The fraction of sp³-hybridized carbons (Fsp3) is 0.500. The Morgan fingerprint density at radius 2 is 2.16 bits per heavy atom. The number of rotatable bonds is 6. The van der Waals surface area contributed by atoms with Gasteiger partial charge < -0.3 is 14.6 Å². The predicted molar refractivity (Wildman–Crippen MR) is 68.4 cm³/mol. The molecule has 0 saturated heterocycles. The van der Waals surface area contributed by atoms with Gasteiger partial charge in [-0.2, -0.15) is 4.98 Å². The van der Waals surface area contributed by atoms with E-state index < -0.39 is 0 Å². The number of aromatic nitrogens is 4. The Labute approximate surface area is 111 Å². The molecule has 2 aromatic rings. The first-order valence-corrected chi connectivity index (χ1v) is 6.10. The molecule has 102 valence electrons. The van der Waals surface area contributed by atoms with Crippen molar-refractivity contribution in [3.63, 3.8) is 0 Å². The van der Waals surface area contributed by atoms with E-state index in [4.69, 9.17) is 9.26 Å². The van der Waals surface area contributed by atoms with Gasteiger partial charge in [0.25, 0.3) is 0 Å². The molecule has 2 rings (SSSR count). The van der Waals surface area contributed by atoms with Crippen LogP contribution in [-0.2, 0) is 6.54 Å². The molecule has 0 atom stereocenters. The summed E-state index contributed by atoms with van der Waals surface area (Å²) in [5, 5.41) is 14.9. The van der Waals surface area contributed by atoms with Crippen LogP contribution in [0, 0.1) is 5.92 Å². The molecule has 2 heterocycles. The van der Waals surface area contributed by atoms with Gasteiger partial charge in [0, 0.05) is 6.07 Å². The van der Waals surface area contributed by atoms with Crippen LogP contribution in [0.5, 0.6) is 5.88 Å². The van der Waals surface area contributed by atoms with E-state index in [2.05, 4.69) is 39.5 Å². The summed E-state index contributed by atoms with van der Waals surface area (Å²) in [5.41, 5.74) is 0.555. The number of methoxy groups -OCH3 is 1. The standard InChI is InChI=1S/C12H17N5O2/c1-8(2)6-13-7-11-14-12(17-19-11)9-4-5-10(18-3)16-15-9/h4-5,8,13H,6-7H2,1-3H3. The minimum atomic E-state index is 0.427. The van der Waals surface area contributed by atoms with Gasteiger partial charge in [0.15, 0.2) is 0 Å². The molecule has 7 heteroatoms. The minimum Gasteiger partial charge on any atom is -0.480 e. The zero-order valence-corrected chi connectivity index (χ0v) is 11.3. The van der Waals surface area contributed by atoms with E-state index in [-0.39, 0.29) is 0 Å². The van der Waals surface area contributed by atoms with Crippen molar-refractivity contribution >= 4 is 0 Å². The van der Waals surface area contributed by atoms with Gasteiger partial charge in [-0.25, -0.2) is 0 Å². The Hall–Kier alpha value is -2.02. The van der Waals surface area contributed by atoms with Crippen LogP contribution in [0.15, 0.2) is 16.7 Å². The van der Waals surface area contributed by atoms with Crippen molar-refractivity contribution in [3.05, 3.63) is 18.0 Å². The first-order chi connectivity index (χ1) is 9.19. The topological polar surface area (TPSA) is 86.0 Å². The highest BCUT2D eigenvalue weighted by Gasteiger charge is 2.10. The van der Waals surface area contributed by atoms with Gasteiger partial charge in [-0.1, -0.05) is 19.0 Å². The molecule has 0 unspecified atom stereocenters. The first-order valence-electron chi connectivity index (χ1n) is 6.10. The smallest absolute Gasteiger partial charge is 0.240 e. The van der Waals surface area contributed by atoms with Gasteiger partial charge >= 0.3 is 0 Å². The summed E-state index contributed by atoms with van der Waals surface area (Å²) in [4.78, 5) is 4.25. The molecular formula is C12H17N5O2. The van der Waals surface area contributed by atoms with Gasteiger partial charge in [-0.3, -0.25) is 0 Å². The summed E-state index contributed by atoms with van der Waals surface area (Å²) in [6.45, 7) is 5.73. The highest BCUT2D eigenvalue weighted by molar-refractivity contribution is 5.47. The third-order valence-electron chi connectivity index (χ3n) is 2.38. The van der Waals surface area contributed by atoms with Crippen LogP contribution < -0.4 is 10.1 Å². The fourth-order valence-corrected chi connectivity index (χ4v) is 1.45. The fourth-order valence-electron chi connectivity index (χ4n) is 1.45. The van der Waals surface area contributed by atoms with Crippen molar-refractivity contribution in [3.8, 4) is 17.4 Å². The van der Waals surface area contributed by atoms with Crippen molar-refractivity contribution in [1.29, 1.82) is 0 Å². The maximum atomic E-state index is 5.13. The second-order valence-corrected chi connectivity index (χ2v) is 4.50. The van der Waals surface area contributed by atoms with Crippen LogP contribution in [0.2, 0.25) is 0 Å². The predicted octanol–water partition coefficient (Wildman–Crippen LogP) is 1.28. The SMILES string of the molecule is COc1ccc(-c2noc(CNCC(C)C)n2)nn1. The summed E-state index contributed by atoms with van der Waals surface area (Å²) in [7, 11) is 1.54. The first kappa shape index (κ1) is 13.4. The lowest BCUT2D eigenvalue weighted by Gasteiger charge is -2.03. The minimum absolute atomic E-state index is 0.427. The molecule has 0 bridgehead atoms. The summed E-state index contributed by atoms with van der Waals surface area (Å²) >= 11 is 0. The zero-order chi connectivity index (χ0) is 13.7. The summed E-state index contributed by atoms with van der Waals surface area (Å²) in [6.07, 6.45) is 0. The van der Waals surface area contributed by atoms with Gasteiger partial charge in [0.05, 0.1) is 13.7 Å². The monoisotopic (exact) mass is 263 g/mol. The molecule has 0 aliphatic rings. The molecular weight excluding hydrogens is 246 g/mol. The van der Waals surface area contributed by atoms with Gasteiger partial charge in [-0.15, -0.1) is 10.2 Å². The average Bonchev–Trinajstić information content (AvgIpc) is 2.87. The van der Waals surface area contributed by atoms with E-state index in [1.54, 1.807) is 12.1 Å². The van der Waals surface area contributed by atoms with E-state index in [0.29, 0.717) is 35.8 Å². The Balaban J connectivity index is 1.99. The van der Waals surface area contributed by atoms with Gasteiger partial charge in [0.1, 0.15) is 5.69 Å². The second kappa shape index (κ2) is 6.24. The Morgan fingerprint density at radius 1 is 1.32 bits per heavy atom. The number of ether oxygens (including phenoxy) is 1. The van der Waals surface area contributed by atoms with E-state index >= 15 is 0 Å². The van der Waals surface area contributed by atoms with E-state index in [9.17, 15) is 0 Å². The lowest BCUT2D eigenvalue weighted by molar-refractivity contribution is 0.363. The van der Waals surface area contributed by atoms with Crippen molar-refractivity contribution in [2.75, 3.05) is 13.7 Å². The molecule has 0 fully saturated rings. The zero-order valence-electron chi connectivity index (χ0n) is 11.3. The maximum Gasteiger partial charge on any atom is 0.240 e. The lowest BCUT2D eigenvalue weighted by atomic mass is 10.2. The largest absolute Gasteiger partial charge is 0.480 e. The molecule has 0 spiro atoms. The van der Waals surface area contributed by atoms with Crippen molar-refractivity contribution in [1.82, 2.24) is 25.7 Å². The molecule has 2 aromatic heterocycles. The summed E-state index contributed by atoms with van der Waals surface area (Å²) < 4.78 is 10.1. The quantitative estimate of drug-likeness (QED) is 0.840. The second-order valence-electron chi connectivity index (χ2n) is 4.50. The van der Waals surface area contributed by atoms with E-state index in [1.165, 1.54) is 7.11 Å². The van der Waals surface area contributed by atoms with Gasteiger partial charge in [0.2, 0.25) is 17.6 Å². The van der Waals surface area contributed by atoms with Crippen LogP contribution in [0.1, 0.15) is 19.7 Å². The van der Waals surface area contributed by atoms with E-state index in [1.807, 2.05) is 0 Å². The van der Waals surface area contributed by atoms with Crippen LogP contribution in [0.3, 0.4) is 0 Å². The van der Waals surface area contributed by atoms with Crippen LogP contribution >= 0.6 is 0 Å². The van der Waals surface area contributed by atoms with E-state index in [0.717, 1.165) is 6.54 Å². The molecule has 1 N–H and O–H groups in total. The molecule has 0 radical (unpaired) electrons. The Bertz CT molecular complexity index is 509. The maximum absolute atomic E-state index is 5.13. The number of hydrogen-bond donors (Lipinski definition) is 1. The third-order valence-corrected chi connectivity index (χ3v) is 2.38. The molecule has 0 aliphatic carbocycles. The van der Waals surface area contributed by atoms with Crippen LogP contribution in [0.25, 0.3) is 11.5 Å². The molecule has 0 aliphatic heterocycles. The molecule has 0 aromatic carbocycles. The Morgan fingerprint density at radius 3 is 2.79 bits per heavy atom. The number of nitrogens with zero attached hydrogens (tertiary/aromatic N) is 4. The molecule has 0 amide bonds. The average molecular weight is 263 g/mol. The van der Waals surface area contributed by atoms with Crippen molar-refractivity contribution in [2.24, 2.45) is 5.92 Å². The molecule has 0 saturated carbocycles. The summed E-state index contributed by atoms with van der Waals surface area (Å²) in [6, 6.07) is 3.44. The highest BCUT2D eigenvalue weighted by Crippen LogP contribution is 2.14. The third kappa shape index (κ3) is 3.72. The van der Waals surface area contributed by atoms with Crippen LogP contribution in [-0.4, -0.2) is 34.0 Å². The van der Waals surface area contributed by atoms with Gasteiger partial charge in [-0.05, 0) is 18.5 Å². The summed E-state index contributed by atoms with van der Waals surface area (Å²) in [5.74, 6) is 1.99. The normalized spacial score (nSPS) is 10.9. The molecule has 7 nitrogen and oxygen atoms in total. The number of nitrogens with one attached hydrogen (secondary N) is 1. The molecule has 19 heavy (non-hydrogen) atoms. The van der Waals surface area contributed by atoms with Crippen molar-refractivity contribution in [2.45, 2.75) is 20.4 Å². The highest BCUT2D eigenvalue weighted by atomic mass is 16.5. The van der Waals surface area contributed by atoms with Crippen molar-refractivity contribution < 1.29 is 9.26 Å².